The van der Waals surface area contributed by atoms with Crippen molar-refractivity contribution in [3.8, 4) is 11.5 Å². The van der Waals surface area contributed by atoms with Gasteiger partial charge >= 0.3 is 0 Å². The van der Waals surface area contributed by atoms with E-state index in [1.54, 1.807) is 13.0 Å². The molecule has 0 aromatic heterocycles. The molecular formula is C24H33N3O6S. The fraction of sp³-hybridized carbons (Fsp3) is 0.458. The van der Waals surface area contributed by atoms with Crippen molar-refractivity contribution in [3.63, 3.8) is 0 Å². The molecule has 10 heteroatoms. The molecule has 0 aliphatic carbocycles. The number of hydrogen-bond donors (Lipinski definition) is 3. The number of nitrogens with zero attached hydrogens (tertiary/aromatic N) is 1. The minimum atomic E-state index is -3.96. The summed E-state index contributed by atoms with van der Waals surface area (Å²) in [5, 5.41) is 13.9. The second kappa shape index (κ2) is 11.2. The molecule has 9 nitrogen and oxygen atoms in total. The van der Waals surface area contributed by atoms with E-state index in [-0.39, 0.29) is 30.7 Å². The molecule has 1 heterocycles. The number of rotatable bonds is 11. The molecule has 0 spiro atoms. The lowest BCUT2D eigenvalue weighted by atomic mass is 10.0. The molecule has 1 amide bonds. The van der Waals surface area contributed by atoms with Gasteiger partial charge in [-0.15, -0.1) is 0 Å². The van der Waals surface area contributed by atoms with Crippen molar-refractivity contribution in [2.45, 2.75) is 50.3 Å². The lowest BCUT2D eigenvalue weighted by Gasteiger charge is -2.31. The number of nitrogens with two attached hydrogens (primary N) is 1. The van der Waals surface area contributed by atoms with Gasteiger partial charge in [0, 0.05) is 19.2 Å². The molecule has 2 aromatic rings. The zero-order chi connectivity index (χ0) is 24.9. The van der Waals surface area contributed by atoms with Crippen LogP contribution < -0.4 is 20.5 Å². The second-order valence-electron chi connectivity index (χ2n) is 8.89. The van der Waals surface area contributed by atoms with Crippen molar-refractivity contribution in [2.24, 2.45) is 11.7 Å². The van der Waals surface area contributed by atoms with Crippen molar-refractivity contribution in [1.82, 2.24) is 9.62 Å². The van der Waals surface area contributed by atoms with Gasteiger partial charge in [-0.25, -0.2) is 8.42 Å². The standard InChI is InChI=1S/C24H33N3O6S/c1-16(2)13-27(34(30,31)19-9-10-22-23(12-19)33-15-32-22)14-21(28)20(26-24(29)17(3)25)11-18-7-5-4-6-8-18/h4-10,12,16-17,20-21,28H,11,13-15,25H2,1-3H3,(H,26,29)/t17-,20-,21+/m0/s1. The van der Waals surface area contributed by atoms with Crippen molar-refractivity contribution in [1.29, 1.82) is 0 Å². The third kappa shape index (κ3) is 6.47. The van der Waals surface area contributed by atoms with Crippen LogP contribution in [0.4, 0.5) is 0 Å². The van der Waals surface area contributed by atoms with Gasteiger partial charge < -0.3 is 25.6 Å². The Morgan fingerprint density at radius 2 is 1.76 bits per heavy atom. The SMILES string of the molecule is CC(C)CN(C[C@@H](O)[C@H](Cc1ccccc1)NC(=O)[C@H](C)N)S(=O)(=O)c1ccc2c(c1)OCO2. The Labute approximate surface area is 200 Å². The third-order valence-corrected chi connectivity index (χ3v) is 7.27. The average molecular weight is 492 g/mol. The first-order chi connectivity index (χ1) is 16.1. The predicted molar refractivity (Wildman–Crippen MR) is 128 cm³/mol. The highest BCUT2D eigenvalue weighted by Crippen LogP contribution is 2.34. The molecule has 2 aromatic carbocycles. The number of hydrogen-bond acceptors (Lipinski definition) is 7. The maximum atomic E-state index is 13.5. The fourth-order valence-electron chi connectivity index (χ4n) is 3.67. The van der Waals surface area contributed by atoms with E-state index in [0.29, 0.717) is 17.9 Å². The van der Waals surface area contributed by atoms with Gasteiger partial charge in [0.05, 0.1) is 23.1 Å². The lowest BCUT2D eigenvalue weighted by Crippen LogP contribution is -2.53. The van der Waals surface area contributed by atoms with E-state index < -0.39 is 34.1 Å². The van der Waals surface area contributed by atoms with Crippen LogP contribution >= 0.6 is 0 Å². The predicted octanol–water partition coefficient (Wildman–Crippen LogP) is 1.50. The summed E-state index contributed by atoms with van der Waals surface area (Å²) in [5.41, 5.74) is 6.61. The minimum Gasteiger partial charge on any atom is -0.454 e. The Balaban J connectivity index is 1.86. The number of carbonyl (C=O) groups is 1. The van der Waals surface area contributed by atoms with Crippen LogP contribution in [0.3, 0.4) is 0 Å². The van der Waals surface area contributed by atoms with Crippen molar-refractivity contribution in [3.05, 3.63) is 54.1 Å². The average Bonchev–Trinajstić information content (AvgIpc) is 3.26. The number of benzene rings is 2. The fourth-order valence-corrected chi connectivity index (χ4v) is 5.30. The van der Waals surface area contributed by atoms with Gasteiger partial charge in [-0.1, -0.05) is 44.2 Å². The van der Waals surface area contributed by atoms with Crippen LogP contribution in [0, 0.1) is 5.92 Å². The van der Waals surface area contributed by atoms with Gasteiger partial charge in [-0.05, 0) is 37.0 Å². The van der Waals surface area contributed by atoms with Crippen LogP contribution in [0.2, 0.25) is 0 Å². The molecule has 0 saturated heterocycles. The monoisotopic (exact) mass is 491 g/mol. The molecule has 3 rings (SSSR count). The molecule has 0 fully saturated rings. The van der Waals surface area contributed by atoms with Gasteiger partial charge in [0.15, 0.2) is 11.5 Å². The zero-order valence-corrected chi connectivity index (χ0v) is 20.5. The number of amides is 1. The largest absolute Gasteiger partial charge is 0.454 e. The number of fused-ring (bicyclic) bond motifs is 1. The number of sulfonamides is 1. The molecule has 1 aliphatic rings. The Morgan fingerprint density at radius 3 is 2.41 bits per heavy atom. The van der Waals surface area contributed by atoms with Crippen molar-refractivity contribution in [2.75, 3.05) is 19.9 Å². The number of nitrogens with one attached hydrogen (secondary N) is 1. The number of aliphatic hydroxyl groups is 1. The highest BCUT2D eigenvalue weighted by molar-refractivity contribution is 7.89. The smallest absolute Gasteiger partial charge is 0.243 e. The van der Waals surface area contributed by atoms with Crippen LogP contribution in [-0.2, 0) is 21.2 Å². The molecule has 34 heavy (non-hydrogen) atoms. The summed E-state index contributed by atoms with van der Waals surface area (Å²) in [5.74, 6) is 0.421. The summed E-state index contributed by atoms with van der Waals surface area (Å²) in [6.07, 6.45) is -0.856. The van der Waals surface area contributed by atoms with Crippen LogP contribution in [0.1, 0.15) is 26.3 Å². The molecule has 4 N–H and O–H groups in total. The van der Waals surface area contributed by atoms with Gasteiger partial charge in [-0.2, -0.15) is 4.31 Å². The molecule has 0 radical (unpaired) electrons. The maximum absolute atomic E-state index is 13.5. The molecule has 0 bridgehead atoms. The first-order valence-corrected chi connectivity index (χ1v) is 12.7. The van der Waals surface area contributed by atoms with E-state index in [2.05, 4.69) is 5.32 Å². The molecule has 1 aliphatic heterocycles. The van der Waals surface area contributed by atoms with Crippen LogP contribution in [0.5, 0.6) is 11.5 Å². The molecule has 0 unspecified atom stereocenters. The number of ether oxygens (including phenoxy) is 2. The number of aliphatic hydroxyl groups excluding tert-OH is 1. The van der Waals surface area contributed by atoms with Gasteiger partial charge in [0.25, 0.3) is 0 Å². The normalized spacial score (nSPS) is 15.9. The van der Waals surface area contributed by atoms with E-state index >= 15 is 0 Å². The maximum Gasteiger partial charge on any atom is 0.243 e. The highest BCUT2D eigenvalue weighted by Gasteiger charge is 2.32. The summed E-state index contributed by atoms with van der Waals surface area (Å²) >= 11 is 0. The summed E-state index contributed by atoms with van der Waals surface area (Å²) in [6.45, 7) is 5.37. The minimum absolute atomic E-state index is 0.00205. The quantitative estimate of drug-likeness (QED) is 0.434. The highest BCUT2D eigenvalue weighted by atomic mass is 32.2. The first kappa shape index (κ1) is 26.0. The third-order valence-electron chi connectivity index (χ3n) is 5.45. The van der Waals surface area contributed by atoms with E-state index in [0.717, 1.165) is 5.56 Å². The molecule has 186 valence electrons. The lowest BCUT2D eigenvalue weighted by molar-refractivity contribution is -0.123. The summed E-state index contributed by atoms with van der Waals surface area (Å²) < 4.78 is 38.9. The number of carbonyl (C=O) groups excluding carboxylic acids is 1. The van der Waals surface area contributed by atoms with Crippen LogP contribution in [0.25, 0.3) is 0 Å². The van der Waals surface area contributed by atoms with Gasteiger partial charge in [0.1, 0.15) is 0 Å². The summed E-state index contributed by atoms with van der Waals surface area (Å²) in [4.78, 5) is 12.4. The zero-order valence-electron chi connectivity index (χ0n) is 19.7. The van der Waals surface area contributed by atoms with Gasteiger partial charge in [-0.3, -0.25) is 4.79 Å². The van der Waals surface area contributed by atoms with E-state index in [9.17, 15) is 18.3 Å². The van der Waals surface area contributed by atoms with Crippen LogP contribution in [0.15, 0.2) is 53.4 Å². The Kier molecular flexibility index (Phi) is 8.53. The summed E-state index contributed by atoms with van der Waals surface area (Å²) in [6, 6.07) is 12.3. The Bertz CT molecular complexity index is 1080. The molecular weight excluding hydrogens is 458 g/mol. The first-order valence-electron chi connectivity index (χ1n) is 11.3. The summed E-state index contributed by atoms with van der Waals surface area (Å²) in [7, 11) is -3.96. The van der Waals surface area contributed by atoms with Crippen molar-refractivity contribution >= 4 is 15.9 Å². The van der Waals surface area contributed by atoms with E-state index in [1.165, 1.54) is 16.4 Å². The topological polar surface area (TPSA) is 131 Å². The van der Waals surface area contributed by atoms with Gasteiger partial charge in [0.2, 0.25) is 22.7 Å². The second-order valence-corrected chi connectivity index (χ2v) is 10.8. The Morgan fingerprint density at radius 1 is 1.09 bits per heavy atom. The van der Waals surface area contributed by atoms with Crippen LogP contribution in [-0.4, -0.2) is 61.8 Å². The Hall–Kier alpha value is -2.66. The van der Waals surface area contributed by atoms with E-state index in [1.807, 2.05) is 44.2 Å². The molecule has 3 atom stereocenters. The molecule has 0 saturated carbocycles. The van der Waals surface area contributed by atoms with E-state index in [4.69, 9.17) is 15.2 Å². The van der Waals surface area contributed by atoms with Crippen molar-refractivity contribution < 1.29 is 27.8 Å².